The molecule has 1 aromatic rings. The van der Waals surface area contributed by atoms with Crippen LogP contribution in [-0.4, -0.2) is 44.2 Å². The second kappa shape index (κ2) is 7.24. The number of hydrogen-bond acceptors (Lipinski definition) is 4. The van der Waals surface area contributed by atoms with Crippen LogP contribution in [0, 0.1) is 0 Å². The quantitative estimate of drug-likeness (QED) is 0.811. The molecule has 0 amide bonds. The summed E-state index contributed by atoms with van der Waals surface area (Å²) < 4.78 is 32.0. The number of benzene rings is 1. The molecule has 2 rings (SSSR count). The Hall–Kier alpha value is -1.11. The van der Waals surface area contributed by atoms with E-state index >= 15 is 0 Å². The molecule has 5 nitrogen and oxygen atoms in total. The fourth-order valence-corrected chi connectivity index (χ4v) is 3.77. The molecule has 6 heteroatoms. The zero-order valence-corrected chi connectivity index (χ0v) is 13.5. The zero-order chi connectivity index (χ0) is 15.3. The minimum Gasteiger partial charge on any atom is -0.492 e. The molecule has 0 fully saturated rings. The number of hydrogen-bond donors (Lipinski definition) is 1. The van der Waals surface area contributed by atoms with Gasteiger partial charge in [0, 0.05) is 24.7 Å². The van der Waals surface area contributed by atoms with E-state index in [0.29, 0.717) is 32.2 Å². The molecule has 1 aliphatic heterocycles. The van der Waals surface area contributed by atoms with Crippen molar-refractivity contribution in [1.82, 2.24) is 9.62 Å². The third-order valence-electron chi connectivity index (χ3n) is 3.44. The average molecular weight is 312 g/mol. The Morgan fingerprint density at radius 1 is 1.33 bits per heavy atom. The second-order valence-corrected chi connectivity index (χ2v) is 7.66. The molecular formula is C15H24N2O3S. The highest BCUT2D eigenvalue weighted by molar-refractivity contribution is 7.89. The van der Waals surface area contributed by atoms with E-state index in [2.05, 4.69) is 19.2 Å². The Bertz CT molecular complexity index is 558. The van der Waals surface area contributed by atoms with E-state index in [4.69, 9.17) is 4.74 Å². The van der Waals surface area contributed by atoms with E-state index in [1.807, 2.05) is 24.3 Å². The molecule has 0 aromatic heterocycles. The lowest BCUT2D eigenvalue weighted by molar-refractivity contribution is 0.293. The molecule has 0 atom stereocenters. The van der Waals surface area contributed by atoms with Gasteiger partial charge in [-0.15, -0.1) is 0 Å². The van der Waals surface area contributed by atoms with Gasteiger partial charge in [-0.1, -0.05) is 32.0 Å². The lowest BCUT2D eigenvalue weighted by Gasteiger charge is -2.19. The minimum atomic E-state index is -3.23. The van der Waals surface area contributed by atoms with Crippen molar-refractivity contribution in [3.8, 4) is 5.75 Å². The molecule has 0 saturated heterocycles. The second-order valence-electron chi connectivity index (χ2n) is 5.57. The molecule has 0 aliphatic carbocycles. The van der Waals surface area contributed by atoms with E-state index in [9.17, 15) is 8.42 Å². The van der Waals surface area contributed by atoms with Gasteiger partial charge in [0.15, 0.2) is 0 Å². The predicted molar refractivity (Wildman–Crippen MR) is 83.9 cm³/mol. The number of fused-ring (bicyclic) bond motifs is 1. The van der Waals surface area contributed by atoms with Gasteiger partial charge in [0.05, 0.1) is 5.75 Å². The van der Waals surface area contributed by atoms with E-state index < -0.39 is 10.0 Å². The Morgan fingerprint density at radius 3 is 2.86 bits per heavy atom. The summed E-state index contributed by atoms with van der Waals surface area (Å²) in [6.07, 6.45) is 0.625. The zero-order valence-electron chi connectivity index (χ0n) is 12.7. The highest BCUT2D eigenvalue weighted by Gasteiger charge is 2.25. The van der Waals surface area contributed by atoms with Crippen molar-refractivity contribution in [2.45, 2.75) is 32.9 Å². The van der Waals surface area contributed by atoms with E-state index in [0.717, 1.165) is 17.9 Å². The summed E-state index contributed by atoms with van der Waals surface area (Å²) in [5, 5.41) is 3.24. The van der Waals surface area contributed by atoms with Crippen LogP contribution in [0.2, 0.25) is 0 Å². The molecule has 0 spiro atoms. The molecule has 0 unspecified atom stereocenters. The van der Waals surface area contributed by atoms with Crippen molar-refractivity contribution in [3.05, 3.63) is 29.8 Å². The maximum Gasteiger partial charge on any atom is 0.214 e. The van der Waals surface area contributed by atoms with Gasteiger partial charge in [-0.25, -0.2) is 8.42 Å². The SMILES string of the molecule is CC(C)NCCCS(=O)(=O)N1CCOc2ccccc2C1. The van der Waals surface area contributed by atoms with Gasteiger partial charge >= 0.3 is 0 Å². The molecule has 21 heavy (non-hydrogen) atoms. The summed E-state index contributed by atoms with van der Waals surface area (Å²) in [6, 6.07) is 8.00. The minimum absolute atomic E-state index is 0.175. The third-order valence-corrected chi connectivity index (χ3v) is 5.35. The summed E-state index contributed by atoms with van der Waals surface area (Å²) in [6.45, 7) is 6.04. The van der Waals surface area contributed by atoms with Crippen molar-refractivity contribution in [1.29, 1.82) is 0 Å². The fourth-order valence-electron chi connectivity index (χ4n) is 2.31. The highest BCUT2D eigenvalue weighted by atomic mass is 32.2. The van der Waals surface area contributed by atoms with Crippen molar-refractivity contribution in [2.75, 3.05) is 25.4 Å². The monoisotopic (exact) mass is 312 g/mol. The van der Waals surface area contributed by atoms with Crippen LogP contribution >= 0.6 is 0 Å². The van der Waals surface area contributed by atoms with Gasteiger partial charge in [-0.2, -0.15) is 4.31 Å². The number of ether oxygens (including phenoxy) is 1. The summed E-state index contributed by atoms with van der Waals surface area (Å²) >= 11 is 0. The number of para-hydroxylation sites is 1. The molecule has 1 aliphatic rings. The van der Waals surface area contributed by atoms with Crippen LogP contribution in [-0.2, 0) is 16.6 Å². The molecule has 1 heterocycles. The van der Waals surface area contributed by atoms with Crippen molar-refractivity contribution >= 4 is 10.0 Å². The molecule has 0 radical (unpaired) electrons. The maximum atomic E-state index is 12.4. The normalized spacial score (nSPS) is 16.3. The smallest absolute Gasteiger partial charge is 0.214 e. The first-order valence-corrected chi connectivity index (χ1v) is 9.02. The largest absolute Gasteiger partial charge is 0.492 e. The number of sulfonamides is 1. The molecule has 118 valence electrons. The molecule has 0 saturated carbocycles. The van der Waals surface area contributed by atoms with Gasteiger partial charge in [0.1, 0.15) is 12.4 Å². The van der Waals surface area contributed by atoms with Crippen LogP contribution in [0.25, 0.3) is 0 Å². The van der Waals surface area contributed by atoms with Crippen LogP contribution in [0.15, 0.2) is 24.3 Å². The van der Waals surface area contributed by atoms with Crippen LogP contribution < -0.4 is 10.1 Å². The van der Waals surface area contributed by atoms with Gasteiger partial charge in [0.2, 0.25) is 10.0 Å². The van der Waals surface area contributed by atoms with Crippen LogP contribution in [0.3, 0.4) is 0 Å². The lowest BCUT2D eigenvalue weighted by atomic mass is 10.2. The average Bonchev–Trinajstić information content (AvgIpc) is 2.66. The van der Waals surface area contributed by atoms with Crippen LogP contribution in [0.5, 0.6) is 5.75 Å². The molecule has 0 bridgehead atoms. The van der Waals surface area contributed by atoms with Gasteiger partial charge in [0.25, 0.3) is 0 Å². The fraction of sp³-hybridized carbons (Fsp3) is 0.600. The van der Waals surface area contributed by atoms with Crippen molar-refractivity contribution < 1.29 is 13.2 Å². The maximum absolute atomic E-state index is 12.4. The first-order valence-electron chi connectivity index (χ1n) is 7.41. The Labute approximate surface area is 127 Å². The Kier molecular flexibility index (Phi) is 5.61. The summed E-state index contributed by atoms with van der Waals surface area (Å²) in [4.78, 5) is 0. The lowest BCUT2D eigenvalue weighted by Crippen LogP contribution is -2.35. The van der Waals surface area contributed by atoms with Crippen molar-refractivity contribution in [2.24, 2.45) is 0 Å². The van der Waals surface area contributed by atoms with E-state index in [1.165, 1.54) is 4.31 Å². The van der Waals surface area contributed by atoms with Crippen LogP contribution in [0.1, 0.15) is 25.8 Å². The standard InChI is InChI=1S/C15H24N2O3S/c1-13(2)16-8-5-11-21(18,19)17-9-10-20-15-7-4-3-6-14(15)12-17/h3-4,6-7,13,16H,5,8-12H2,1-2H3. The molecular weight excluding hydrogens is 288 g/mol. The summed E-state index contributed by atoms with van der Waals surface area (Å²) in [7, 11) is -3.23. The van der Waals surface area contributed by atoms with E-state index in [1.54, 1.807) is 0 Å². The number of nitrogens with one attached hydrogen (secondary N) is 1. The third kappa shape index (κ3) is 4.69. The number of nitrogens with zero attached hydrogens (tertiary/aromatic N) is 1. The first kappa shape index (κ1) is 16.3. The van der Waals surface area contributed by atoms with Gasteiger partial charge in [-0.05, 0) is 19.0 Å². The highest BCUT2D eigenvalue weighted by Crippen LogP contribution is 2.24. The summed E-state index contributed by atoms with van der Waals surface area (Å²) in [5.41, 5.74) is 0.930. The van der Waals surface area contributed by atoms with Crippen molar-refractivity contribution in [3.63, 3.8) is 0 Å². The predicted octanol–water partition coefficient (Wildman–Crippen LogP) is 1.60. The Balaban J connectivity index is 1.97. The van der Waals surface area contributed by atoms with Crippen LogP contribution in [0.4, 0.5) is 0 Å². The van der Waals surface area contributed by atoms with E-state index in [-0.39, 0.29) is 5.75 Å². The Morgan fingerprint density at radius 2 is 2.10 bits per heavy atom. The number of rotatable bonds is 6. The topological polar surface area (TPSA) is 58.6 Å². The first-order chi connectivity index (χ1) is 9.99. The van der Waals surface area contributed by atoms with Gasteiger partial charge in [-0.3, -0.25) is 0 Å². The molecule has 1 aromatic carbocycles. The van der Waals surface area contributed by atoms with Gasteiger partial charge < -0.3 is 10.1 Å². The molecule has 1 N–H and O–H groups in total. The summed E-state index contributed by atoms with van der Waals surface area (Å²) in [5.74, 6) is 0.964.